The minimum absolute atomic E-state index is 0.150. The van der Waals surface area contributed by atoms with Gasteiger partial charge in [0, 0.05) is 17.9 Å². The molecular formula is C15H20F3NO2. The van der Waals surface area contributed by atoms with Gasteiger partial charge in [0.2, 0.25) is 0 Å². The predicted octanol–water partition coefficient (Wildman–Crippen LogP) is 3.67. The van der Waals surface area contributed by atoms with Gasteiger partial charge in [0.05, 0.1) is 17.8 Å². The standard InChI is InChI=1S/C15H20F3NO2/c16-15(17,18)10-6-7-13(19)12(9-10)14(20)5-1-3-11-4-2-8-21-11/h6-7,9,11,14,20H,1-5,8,19H2. The molecule has 1 aliphatic rings. The molecule has 1 aromatic rings. The Balaban J connectivity index is 1.95. The van der Waals surface area contributed by atoms with Crippen molar-refractivity contribution in [2.75, 3.05) is 12.3 Å². The first-order chi connectivity index (χ1) is 9.88. The summed E-state index contributed by atoms with van der Waals surface area (Å²) < 4.78 is 43.5. The molecule has 0 saturated carbocycles. The molecular weight excluding hydrogens is 283 g/mol. The number of halogens is 3. The number of aliphatic hydroxyl groups is 1. The van der Waals surface area contributed by atoms with Crippen LogP contribution in [-0.2, 0) is 10.9 Å². The molecule has 0 radical (unpaired) electrons. The van der Waals surface area contributed by atoms with Crippen molar-refractivity contribution < 1.29 is 23.0 Å². The fraction of sp³-hybridized carbons (Fsp3) is 0.600. The Hall–Kier alpha value is -1.27. The lowest BCUT2D eigenvalue weighted by Gasteiger charge is -2.17. The molecule has 0 spiro atoms. The van der Waals surface area contributed by atoms with Crippen molar-refractivity contribution >= 4 is 5.69 Å². The van der Waals surface area contributed by atoms with E-state index in [0.29, 0.717) is 12.8 Å². The first-order valence-corrected chi connectivity index (χ1v) is 7.14. The molecule has 0 amide bonds. The van der Waals surface area contributed by atoms with Crippen LogP contribution in [0.25, 0.3) is 0 Å². The third-order valence-corrected chi connectivity index (χ3v) is 3.80. The maximum Gasteiger partial charge on any atom is 0.416 e. The Kier molecular flexibility index (Phi) is 5.11. The van der Waals surface area contributed by atoms with E-state index in [4.69, 9.17) is 10.5 Å². The van der Waals surface area contributed by atoms with E-state index in [2.05, 4.69) is 0 Å². The van der Waals surface area contributed by atoms with E-state index in [1.54, 1.807) is 0 Å². The third-order valence-electron chi connectivity index (χ3n) is 3.80. The summed E-state index contributed by atoms with van der Waals surface area (Å²) in [4.78, 5) is 0. The zero-order valence-corrected chi connectivity index (χ0v) is 11.7. The molecule has 1 fully saturated rings. The van der Waals surface area contributed by atoms with E-state index in [1.807, 2.05) is 0 Å². The summed E-state index contributed by atoms with van der Waals surface area (Å²) in [6.07, 6.45) is -1.23. The smallest absolute Gasteiger partial charge is 0.398 e. The second kappa shape index (κ2) is 6.66. The number of benzene rings is 1. The summed E-state index contributed by atoms with van der Waals surface area (Å²) in [5, 5.41) is 10.1. The van der Waals surface area contributed by atoms with Gasteiger partial charge in [-0.3, -0.25) is 0 Å². The number of hydrogen-bond donors (Lipinski definition) is 2. The van der Waals surface area contributed by atoms with Gasteiger partial charge in [-0.25, -0.2) is 0 Å². The highest BCUT2D eigenvalue weighted by atomic mass is 19.4. The SMILES string of the molecule is Nc1ccc(C(F)(F)F)cc1C(O)CCCC1CCCO1. The first-order valence-electron chi connectivity index (χ1n) is 7.14. The molecule has 0 aromatic heterocycles. The Bertz CT molecular complexity index is 470. The van der Waals surface area contributed by atoms with E-state index in [1.165, 1.54) is 6.07 Å². The molecule has 2 atom stereocenters. The van der Waals surface area contributed by atoms with Gasteiger partial charge < -0.3 is 15.6 Å². The minimum Gasteiger partial charge on any atom is -0.398 e. The maximum atomic E-state index is 12.7. The lowest BCUT2D eigenvalue weighted by atomic mass is 9.98. The number of hydrogen-bond acceptors (Lipinski definition) is 3. The second-order valence-corrected chi connectivity index (χ2v) is 5.42. The molecule has 0 aliphatic carbocycles. The van der Waals surface area contributed by atoms with Gasteiger partial charge in [-0.05, 0) is 50.3 Å². The average molecular weight is 303 g/mol. The Morgan fingerprint density at radius 1 is 1.38 bits per heavy atom. The molecule has 3 N–H and O–H groups in total. The van der Waals surface area contributed by atoms with Crippen LogP contribution in [0, 0.1) is 0 Å². The van der Waals surface area contributed by atoms with Crippen LogP contribution in [-0.4, -0.2) is 17.8 Å². The quantitative estimate of drug-likeness (QED) is 0.816. The van der Waals surface area contributed by atoms with E-state index in [9.17, 15) is 18.3 Å². The van der Waals surface area contributed by atoms with Crippen molar-refractivity contribution in [2.45, 2.75) is 50.5 Å². The van der Waals surface area contributed by atoms with Crippen LogP contribution in [0.3, 0.4) is 0 Å². The lowest BCUT2D eigenvalue weighted by molar-refractivity contribution is -0.137. The molecule has 1 aromatic carbocycles. The van der Waals surface area contributed by atoms with Crippen LogP contribution in [0.4, 0.5) is 18.9 Å². The molecule has 1 saturated heterocycles. The van der Waals surface area contributed by atoms with Gasteiger partial charge in [0.25, 0.3) is 0 Å². The fourth-order valence-corrected chi connectivity index (χ4v) is 2.61. The predicted molar refractivity (Wildman–Crippen MR) is 73.6 cm³/mol. The average Bonchev–Trinajstić information content (AvgIpc) is 2.91. The number of rotatable bonds is 5. The van der Waals surface area contributed by atoms with Crippen molar-refractivity contribution in [3.05, 3.63) is 29.3 Å². The molecule has 1 heterocycles. The Morgan fingerprint density at radius 3 is 2.76 bits per heavy atom. The Morgan fingerprint density at radius 2 is 2.14 bits per heavy atom. The first kappa shape index (κ1) is 16.1. The van der Waals surface area contributed by atoms with Gasteiger partial charge in [0.15, 0.2) is 0 Å². The fourth-order valence-electron chi connectivity index (χ4n) is 2.61. The van der Waals surface area contributed by atoms with Crippen molar-refractivity contribution in [3.63, 3.8) is 0 Å². The number of aliphatic hydroxyl groups excluding tert-OH is 1. The lowest BCUT2D eigenvalue weighted by Crippen LogP contribution is -2.10. The minimum atomic E-state index is -4.43. The van der Waals surface area contributed by atoms with Crippen molar-refractivity contribution in [1.29, 1.82) is 0 Å². The third kappa shape index (κ3) is 4.35. The number of alkyl halides is 3. The molecule has 118 valence electrons. The summed E-state index contributed by atoms with van der Waals surface area (Å²) in [7, 11) is 0. The number of anilines is 1. The van der Waals surface area contributed by atoms with Crippen LogP contribution in [0.1, 0.15) is 49.3 Å². The zero-order chi connectivity index (χ0) is 15.5. The molecule has 2 rings (SSSR count). The normalized spacial score (nSPS) is 20.7. The van der Waals surface area contributed by atoms with Crippen LogP contribution in [0.15, 0.2) is 18.2 Å². The topological polar surface area (TPSA) is 55.5 Å². The Labute approximate surface area is 121 Å². The van der Waals surface area contributed by atoms with E-state index in [-0.39, 0.29) is 17.4 Å². The number of nitrogens with two attached hydrogens (primary N) is 1. The maximum absolute atomic E-state index is 12.7. The molecule has 21 heavy (non-hydrogen) atoms. The van der Waals surface area contributed by atoms with Crippen molar-refractivity contribution in [2.24, 2.45) is 0 Å². The molecule has 3 nitrogen and oxygen atoms in total. The van der Waals surface area contributed by atoms with Crippen molar-refractivity contribution in [3.8, 4) is 0 Å². The van der Waals surface area contributed by atoms with E-state index in [0.717, 1.165) is 38.0 Å². The van der Waals surface area contributed by atoms with Crippen LogP contribution in [0.2, 0.25) is 0 Å². The molecule has 0 bridgehead atoms. The monoisotopic (exact) mass is 303 g/mol. The molecule has 1 aliphatic heterocycles. The highest BCUT2D eigenvalue weighted by molar-refractivity contribution is 5.50. The number of ether oxygens (including phenoxy) is 1. The highest BCUT2D eigenvalue weighted by Crippen LogP contribution is 2.34. The highest BCUT2D eigenvalue weighted by Gasteiger charge is 2.31. The second-order valence-electron chi connectivity index (χ2n) is 5.42. The largest absolute Gasteiger partial charge is 0.416 e. The van der Waals surface area contributed by atoms with Crippen LogP contribution in [0.5, 0.6) is 0 Å². The number of nitrogen functional groups attached to an aromatic ring is 1. The van der Waals surface area contributed by atoms with Gasteiger partial charge in [-0.1, -0.05) is 0 Å². The summed E-state index contributed by atoms with van der Waals surface area (Å²) in [5.41, 5.74) is 5.23. The molecule has 6 heteroatoms. The van der Waals surface area contributed by atoms with Gasteiger partial charge in [0.1, 0.15) is 0 Å². The zero-order valence-electron chi connectivity index (χ0n) is 11.7. The van der Waals surface area contributed by atoms with E-state index < -0.39 is 17.8 Å². The van der Waals surface area contributed by atoms with Gasteiger partial charge in [-0.15, -0.1) is 0 Å². The summed E-state index contributed by atoms with van der Waals surface area (Å²) in [6, 6.07) is 3.06. The van der Waals surface area contributed by atoms with Crippen LogP contribution >= 0.6 is 0 Å². The van der Waals surface area contributed by atoms with E-state index >= 15 is 0 Å². The summed E-state index contributed by atoms with van der Waals surface area (Å²) >= 11 is 0. The van der Waals surface area contributed by atoms with Crippen molar-refractivity contribution in [1.82, 2.24) is 0 Å². The van der Waals surface area contributed by atoms with Gasteiger partial charge >= 0.3 is 6.18 Å². The summed E-state index contributed by atoms with van der Waals surface area (Å²) in [6.45, 7) is 0.772. The summed E-state index contributed by atoms with van der Waals surface area (Å²) in [5.74, 6) is 0. The van der Waals surface area contributed by atoms with Crippen LogP contribution < -0.4 is 5.73 Å². The van der Waals surface area contributed by atoms with Gasteiger partial charge in [-0.2, -0.15) is 13.2 Å². The molecule has 2 unspecified atom stereocenters.